The van der Waals surface area contributed by atoms with Crippen LogP contribution in [0.25, 0.3) is 0 Å². The highest BCUT2D eigenvalue weighted by atomic mass is 19.4. The van der Waals surface area contributed by atoms with Gasteiger partial charge in [-0.05, 0) is 20.3 Å². The first kappa shape index (κ1) is 34.1. The van der Waals surface area contributed by atoms with Crippen LogP contribution in [0.3, 0.4) is 0 Å². The number of rotatable bonds is 10. The van der Waals surface area contributed by atoms with Crippen molar-refractivity contribution in [2.45, 2.75) is 79.9 Å². The number of carbonyl (C=O) groups is 1. The van der Waals surface area contributed by atoms with E-state index < -0.39 is 72.2 Å². The lowest BCUT2D eigenvalue weighted by Crippen LogP contribution is -2.74. The van der Waals surface area contributed by atoms with Crippen LogP contribution in [-0.4, -0.2) is 78.3 Å². The van der Waals surface area contributed by atoms with E-state index in [0.717, 1.165) is 14.1 Å². The molecule has 0 heterocycles. The second-order valence-corrected chi connectivity index (χ2v) is 8.17. The van der Waals surface area contributed by atoms with E-state index in [-0.39, 0.29) is 0 Å². The smallest absolute Gasteiger partial charge is 0.443 e. The number of ether oxygens (including phenoxy) is 1. The third-order valence-electron chi connectivity index (χ3n) is 4.56. The molecule has 0 aromatic carbocycles. The highest BCUT2D eigenvalue weighted by Gasteiger charge is 2.95. The summed E-state index contributed by atoms with van der Waals surface area (Å²) in [4.78, 5) is 12.0. The van der Waals surface area contributed by atoms with E-state index in [2.05, 4.69) is 4.74 Å². The number of hydrogen-bond acceptors (Lipinski definition) is 2. The van der Waals surface area contributed by atoms with E-state index in [9.17, 15) is 79.4 Å². The zero-order chi connectivity index (χ0) is 29.8. The molecule has 0 radical (unpaired) electrons. The zero-order valence-corrected chi connectivity index (χ0v) is 18.1. The Morgan fingerprint density at radius 3 is 1.17 bits per heavy atom. The molecule has 0 rings (SSSR count). The molecule has 0 saturated heterocycles. The van der Waals surface area contributed by atoms with Crippen LogP contribution in [0.2, 0.25) is 0 Å². The first-order valence-corrected chi connectivity index (χ1v) is 8.90. The minimum Gasteiger partial charge on any atom is -0.443 e. The molecule has 0 aromatic rings. The maximum Gasteiger partial charge on any atom is 0.460 e. The third-order valence-corrected chi connectivity index (χ3v) is 4.56. The molecule has 1 amide bonds. The van der Waals surface area contributed by atoms with Gasteiger partial charge in [-0.15, -0.1) is 0 Å². The molecule has 0 unspecified atom stereocenters. The molecular weight excluding hydrogens is 561 g/mol. The minimum absolute atomic E-state index is 0.655. The fraction of sp³-hybridized carbons (Fsp3) is 0.938. The number of carbonyl (C=O) groups excluding carboxylic acids is 1. The maximum absolute atomic E-state index is 13.9. The monoisotopic (exact) mass is 577 g/mol. The molecule has 0 aliphatic rings. The van der Waals surface area contributed by atoms with Gasteiger partial charge in [0.15, 0.2) is 0 Å². The topological polar surface area (TPSA) is 29.5 Å². The van der Waals surface area contributed by atoms with Gasteiger partial charge in [0.1, 0.15) is 5.60 Å². The molecule has 0 aliphatic carbocycles. The van der Waals surface area contributed by atoms with E-state index in [1.54, 1.807) is 0 Å². The molecule has 0 spiro atoms. The van der Waals surface area contributed by atoms with Crippen molar-refractivity contribution >= 4 is 6.09 Å². The van der Waals surface area contributed by atoms with Crippen LogP contribution < -0.4 is 0 Å². The quantitative estimate of drug-likeness (QED) is 0.256. The first-order chi connectivity index (χ1) is 15.3. The van der Waals surface area contributed by atoms with Gasteiger partial charge in [-0.2, -0.15) is 74.6 Å². The standard InChI is InChI=1S/C16H16F17NO2/c1-8(2,36-7(35)34(3)4)5-6-9(17,18)10(19,20)11(21,22)12(23,24)13(25,26)14(27,28)15(29,30)16(31,32)33/h5-6H2,1-4H3. The molecule has 20 heteroatoms. The number of halogens is 17. The lowest BCUT2D eigenvalue weighted by atomic mass is 9.87. The van der Waals surface area contributed by atoms with Gasteiger partial charge in [-0.25, -0.2) is 4.79 Å². The van der Waals surface area contributed by atoms with Crippen molar-refractivity contribution < 1.29 is 84.2 Å². The van der Waals surface area contributed by atoms with Crippen LogP contribution >= 0.6 is 0 Å². The van der Waals surface area contributed by atoms with Crippen molar-refractivity contribution in [3.05, 3.63) is 0 Å². The van der Waals surface area contributed by atoms with Crippen molar-refractivity contribution in [1.82, 2.24) is 4.90 Å². The van der Waals surface area contributed by atoms with E-state index in [0.29, 0.717) is 18.7 Å². The van der Waals surface area contributed by atoms with Crippen molar-refractivity contribution in [2.24, 2.45) is 0 Å². The summed E-state index contributed by atoms with van der Waals surface area (Å²) in [5.41, 5.74) is -2.25. The van der Waals surface area contributed by atoms with Gasteiger partial charge in [-0.3, -0.25) is 0 Å². The Kier molecular flexibility index (Phi) is 8.64. The van der Waals surface area contributed by atoms with Crippen LogP contribution in [0.15, 0.2) is 0 Å². The van der Waals surface area contributed by atoms with Gasteiger partial charge < -0.3 is 9.64 Å². The molecule has 0 atom stereocenters. The first-order valence-electron chi connectivity index (χ1n) is 8.90. The lowest BCUT2D eigenvalue weighted by Gasteiger charge is -2.43. The number of hydrogen-bond donors (Lipinski definition) is 0. The number of nitrogens with zero attached hydrogens (tertiary/aromatic N) is 1. The number of amides is 1. The second-order valence-electron chi connectivity index (χ2n) is 8.17. The van der Waals surface area contributed by atoms with Crippen LogP contribution in [0.4, 0.5) is 79.4 Å². The van der Waals surface area contributed by atoms with Crippen LogP contribution in [0.1, 0.15) is 26.7 Å². The van der Waals surface area contributed by atoms with Crippen molar-refractivity contribution in [3.8, 4) is 0 Å². The summed E-state index contributed by atoms with van der Waals surface area (Å²) in [6.45, 7) is 1.42. The van der Waals surface area contributed by atoms with E-state index in [1.807, 2.05) is 0 Å². The normalized spacial score (nSPS) is 15.7. The van der Waals surface area contributed by atoms with Crippen molar-refractivity contribution in [2.75, 3.05) is 14.1 Å². The Morgan fingerprint density at radius 1 is 0.556 bits per heavy atom. The van der Waals surface area contributed by atoms with E-state index in [1.165, 1.54) is 0 Å². The summed E-state index contributed by atoms with van der Waals surface area (Å²) in [5, 5.41) is 0. The second kappa shape index (κ2) is 9.13. The summed E-state index contributed by atoms with van der Waals surface area (Å²) in [7, 11) is 2.06. The Labute approximate surface area is 190 Å². The summed E-state index contributed by atoms with van der Waals surface area (Å²) >= 11 is 0. The lowest BCUT2D eigenvalue weighted by molar-refractivity contribution is -0.462. The molecule has 0 aliphatic heterocycles. The van der Waals surface area contributed by atoms with Gasteiger partial charge in [0, 0.05) is 20.5 Å². The van der Waals surface area contributed by atoms with Crippen molar-refractivity contribution in [3.63, 3.8) is 0 Å². The Balaban J connectivity index is 6.40. The summed E-state index contributed by atoms with van der Waals surface area (Å²) in [6.07, 6.45) is -13.4. The average molecular weight is 577 g/mol. The third kappa shape index (κ3) is 5.22. The van der Waals surface area contributed by atoms with E-state index >= 15 is 0 Å². The highest BCUT2D eigenvalue weighted by molar-refractivity contribution is 5.67. The van der Waals surface area contributed by atoms with Gasteiger partial charge in [0.25, 0.3) is 0 Å². The molecule has 0 bridgehead atoms. The fourth-order valence-corrected chi connectivity index (χ4v) is 2.19. The molecular formula is C16H16F17NO2. The van der Waals surface area contributed by atoms with Gasteiger partial charge in [0.05, 0.1) is 0 Å². The molecule has 3 nitrogen and oxygen atoms in total. The summed E-state index contributed by atoms with van der Waals surface area (Å²) in [5.74, 6) is -56.6. The van der Waals surface area contributed by atoms with Gasteiger partial charge >= 0.3 is 53.7 Å². The summed E-state index contributed by atoms with van der Waals surface area (Å²) in [6, 6.07) is 0. The van der Waals surface area contributed by atoms with Crippen molar-refractivity contribution in [1.29, 1.82) is 0 Å². The number of alkyl halides is 17. The SMILES string of the molecule is CN(C)C(=O)OC(C)(C)CCC(F)(F)C(F)(F)C(F)(F)C(F)(F)C(F)(F)C(F)(F)C(F)(F)C(F)(F)F. The minimum atomic E-state index is -8.66. The largest absolute Gasteiger partial charge is 0.460 e. The highest BCUT2D eigenvalue weighted by Crippen LogP contribution is 2.64. The molecule has 36 heavy (non-hydrogen) atoms. The molecule has 0 saturated carbocycles. The van der Waals surface area contributed by atoms with Crippen LogP contribution in [-0.2, 0) is 4.74 Å². The van der Waals surface area contributed by atoms with E-state index in [4.69, 9.17) is 0 Å². The molecule has 216 valence electrons. The molecule has 0 fully saturated rings. The predicted molar refractivity (Wildman–Crippen MR) is 84.2 cm³/mol. The summed E-state index contributed by atoms with van der Waals surface area (Å²) < 4.78 is 229. The van der Waals surface area contributed by atoms with Crippen LogP contribution in [0, 0.1) is 0 Å². The maximum atomic E-state index is 13.9. The molecule has 0 aromatic heterocycles. The average Bonchev–Trinajstić information content (AvgIpc) is 2.64. The van der Waals surface area contributed by atoms with Crippen LogP contribution in [0.5, 0.6) is 0 Å². The van der Waals surface area contributed by atoms with Gasteiger partial charge in [0.2, 0.25) is 0 Å². The Morgan fingerprint density at radius 2 is 0.861 bits per heavy atom. The molecule has 0 N–H and O–H groups in total. The zero-order valence-electron chi connectivity index (χ0n) is 18.1. The fourth-order valence-electron chi connectivity index (χ4n) is 2.19. The Bertz CT molecular complexity index is 801. The Hall–Kier alpha value is -1.92. The van der Waals surface area contributed by atoms with Gasteiger partial charge in [-0.1, -0.05) is 0 Å². The predicted octanol–water partition coefficient (Wildman–Crippen LogP) is 7.25.